The average molecular weight is 266 g/mol. The van der Waals surface area contributed by atoms with Gasteiger partial charge < -0.3 is 5.32 Å². The molecule has 0 bridgehead atoms. The summed E-state index contributed by atoms with van der Waals surface area (Å²) in [4.78, 5) is 1.58. The van der Waals surface area contributed by atoms with Crippen molar-refractivity contribution in [2.75, 3.05) is 19.6 Å². The number of halogens is 3. The van der Waals surface area contributed by atoms with Gasteiger partial charge in [0.05, 0.1) is 6.54 Å². The highest BCUT2D eigenvalue weighted by molar-refractivity contribution is 4.84. The Morgan fingerprint density at radius 2 is 1.94 bits per heavy atom. The summed E-state index contributed by atoms with van der Waals surface area (Å²) in [6.07, 6.45) is 0.861. The molecule has 0 aromatic carbocycles. The first-order valence-corrected chi connectivity index (χ1v) is 7.00. The standard InChI is InChI=1S/C13H25F3N2/c1-3-8-17-11-6-5-7-12(9-11)18(4-2)10-13(14,15)16/h11-12,17H,3-10H2,1-2H3. The van der Waals surface area contributed by atoms with Crippen LogP contribution in [-0.4, -0.2) is 42.8 Å². The van der Waals surface area contributed by atoms with E-state index in [0.29, 0.717) is 12.6 Å². The van der Waals surface area contributed by atoms with Crippen LogP contribution >= 0.6 is 0 Å². The molecule has 1 saturated carbocycles. The summed E-state index contributed by atoms with van der Waals surface area (Å²) in [6.45, 7) is 4.59. The third kappa shape index (κ3) is 5.57. The zero-order valence-electron chi connectivity index (χ0n) is 11.4. The molecule has 1 fully saturated rings. The maximum atomic E-state index is 12.5. The topological polar surface area (TPSA) is 15.3 Å². The van der Waals surface area contributed by atoms with E-state index in [1.165, 1.54) is 0 Å². The van der Waals surface area contributed by atoms with Crippen molar-refractivity contribution >= 4 is 0 Å². The van der Waals surface area contributed by atoms with Gasteiger partial charge in [0.1, 0.15) is 0 Å². The van der Waals surface area contributed by atoms with Gasteiger partial charge in [-0.3, -0.25) is 4.90 Å². The number of nitrogens with zero attached hydrogens (tertiary/aromatic N) is 1. The lowest BCUT2D eigenvalue weighted by molar-refractivity contribution is -0.152. The minimum atomic E-state index is -4.08. The smallest absolute Gasteiger partial charge is 0.314 e. The summed E-state index contributed by atoms with van der Waals surface area (Å²) in [5.74, 6) is 0. The van der Waals surface area contributed by atoms with Crippen molar-refractivity contribution in [1.29, 1.82) is 0 Å². The average Bonchev–Trinajstić information content (AvgIpc) is 2.32. The van der Waals surface area contributed by atoms with Crippen molar-refractivity contribution in [2.24, 2.45) is 0 Å². The van der Waals surface area contributed by atoms with Crippen LogP contribution in [-0.2, 0) is 0 Å². The molecule has 0 amide bonds. The Balaban J connectivity index is 2.47. The van der Waals surface area contributed by atoms with Crippen molar-refractivity contribution in [3.05, 3.63) is 0 Å². The third-order valence-corrected chi connectivity index (χ3v) is 3.63. The predicted octanol–water partition coefficient (Wildman–Crippen LogP) is 3.18. The van der Waals surface area contributed by atoms with Gasteiger partial charge in [-0.1, -0.05) is 20.3 Å². The number of rotatable bonds is 6. The molecule has 0 heterocycles. The van der Waals surface area contributed by atoms with E-state index < -0.39 is 12.7 Å². The highest BCUT2D eigenvalue weighted by atomic mass is 19.4. The van der Waals surface area contributed by atoms with E-state index in [9.17, 15) is 13.2 Å². The molecule has 1 rings (SSSR count). The Morgan fingerprint density at radius 1 is 1.22 bits per heavy atom. The van der Waals surface area contributed by atoms with E-state index in [2.05, 4.69) is 12.2 Å². The highest BCUT2D eigenvalue weighted by Gasteiger charge is 2.34. The zero-order valence-corrected chi connectivity index (χ0v) is 11.4. The van der Waals surface area contributed by atoms with Gasteiger partial charge in [0, 0.05) is 12.1 Å². The minimum Gasteiger partial charge on any atom is -0.314 e. The largest absolute Gasteiger partial charge is 0.401 e. The second kappa shape index (κ2) is 7.34. The van der Waals surface area contributed by atoms with Gasteiger partial charge in [-0.2, -0.15) is 13.2 Å². The summed E-state index contributed by atoms with van der Waals surface area (Å²) in [7, 11) is 0. The van der Waals surface area contributed by atoms with Gasteiger partial charge in [-0.25, -0.2) is 0 Å². The van der Waals surface area contributed by atoms with Gasteiger partial charge in [-0.15, -0.1) is 0 Å². The van der Waals surface area contributed by atoms with Crippen molar-refractivity contribution in [2.45, 2.75) is 64.2 Å². The van der Waals surface area contributed by atoms with Crippen molar-refractivity contribution in [3.63, 3.8) is 0 Å². The van der Waals surface area contributed by atoms with Gasteiger partial charge in [0.2, 0.25) is 0 Å². The molecule has 2 unspecified atom stereocenters. The molecule has 2 atom stereocenters. The van der Waals surface area contributed by atoms with Gasteiger partial charge in [-0.05, 0) is 38.8 Å². The van der Waals surface area contributed by atoms with Crippen molar-refractivity contribution < 1.29 is 13.2 Å². The lowest BCUT2D eigenvalue weighted by Gasteiger charge is -2.37. The maximum absolute atomic E-state index is 12.5. The first-order chi connectivity index (χ1) is 8.46. The SMILES string of the molecule is CCCNC1CCCC(N(CC)CC(F)(F)F)C1. The molecule has 5 heteroatoms. The molecule has 0 spiro atoms. The molecule has 1 aliphatic rings. The highest BCUT2D eigenvalue weighted by Crippen LogP contribution is 2.26. The molecular formula is C13H25F3N2. The third-order valence-electron chi connectivity index (χ3n) is 3.63. The molecule has 0 saturated heterocycles. The number of hydrogen-bond acceptors (Lipinski definition) is 2. The van der Waals surface area contributed by atoms with E-state index in [0.717, 1.165) is 38.6 Å². The Bertz CT molecular complexity index is 231. The monoisotopic (exact) mass is 266 g/mol. The van der Waals surface area contributed by atoms with Crippen LogP contribution < -0.4 is 5.32 Å². The minimum absolute atomic E-state index is 0.0831. The lowest BCUT2D eigenvalue weighted by Crippen LogP contribution is -2.47. The summed E-state index contributed by atoms with van der Waals surface area (Å²) < 4.78 is 37.5. The molecule has 2 nitrogen and oxygen atoms in total. The van der Waals surface area contributed by atoms with E-state index in [1.54, 1.807) is 4.90 Å². The van der Waals surface area contributed by atoms with Gasteiger partial charge >= 0.3 is 6.18 Å². The number of alkyl halides is 3. The summed E-state index contributed by atoms with van der Waals surface area (Å²) in [6, 6.07) is 0.478. The summed E-state index contributed by atoms with van der Waals surface area (Å²) in [5, 5.41) is 3.44. The summed E-state index contributed by atoms with van der Waals surface area (Å²) >= 11 is 0. The van der Waals surface area contributed by atoms with Gasteiger partial charge in [0.25, 0.3) is 0 Å². The molecule has 1 N–H and O–H groups in total. The van der Waals surface area contributed by atoms with Crippen LogP contribution in [0.1, 0.15) is 46.0 Å². The first kappa shape index (κ1) is 15.8. The van der Waals surface area contributed by atoms with Crippen LogP contribution in [0.25, 0.3) is 0 Å². The number of nitrogens with one attached hydrogen (secondary N) is 1. The predicted molar refractivity (Wildman–Crippen MR) is 67.6 cm³/mol. The van der Waals surface area contributed by atoms with Crippen LogP contribution in [0.2, 0.25) is 0 Å². The molecule has 0 radical (unpaired) electrons. The molecule has 1 aliphatic carbocycles. The molecule has 0 aromatic heterocycles. The quantitative estimate of drug-likeness (QED) is 0.794. The second-order valence-electron chi connectivity index (χ2n) is 5.15. The normalized spacial score (nSPS) is 25.7. The van der Waals surface area contributed by atoms with E-state index in [4.69, 9.17) is 0 Å². The fourth-order valence-corrected chi connectivity index (χ4v) is 2.76. The fraction of sp³-hybridized carbons (Fsp3) is 1.00. The second-order valence-corrected chi connectivity index (χ2v) is 5.15. The van der Waals surface area contributed by atoms with Crippen LogP contribution in [0.3, 0.4) is 0 Å². The van der Waals surface area contributed by atoms with Crippen LogP contribution in [0.5, 0.6) is 0 Å². The molecule has 108 valence electrons. The Kier molecular flexibility index (Phi) is 6.43. The zero-order chi connectivity index (χ0) is 13.6. The molecular weight excluding hydrogens is 241 g/mol. The van der Waals surface area contributed by atoms with Crippen molar-refractivity contribution in [3.8, 4) is 0 Å². The number of hydrogen-bond donors (Lipinski definition) is 1. The van der Waals surface area contributed by atoms with E-state index in [-0.39, 0.29) is 6.04 Å². The lowest BCUT2D eigenvalue weighted by atomic mass is 9.89. The van der Waals surface area contributed by atoms with Crippen LogP contribution in [0.4, 0.5) is 13.2 Å². The molecule has 0 aliphatic heterocycles. The Labute approximate surface area is 108 Å². The van der Waals surface area contributed by atoms with Crippen LogP contribution in [0.15, 0.2) is 0 Å². The maximum Gasteiger partial charge on any atom is 0.401 e. The first-order valence-electron chi connectivity index (χ1n) is 7.00. The molecule has 0 aromatic rings. The van der Waals surface area contributed by atoms with Crippen LogP contribution in [0, 0.1) is 0 Å². The molecule has 18 heavy (non-hydrogen) atoms. The van der Waals surface area contributed by atoms with E-state index >= 15 is 0 Å². The van der Waals surface area contributed by atoms with Crippen molar-refractivity contribution in [1.82, 2.24) is 10.2 Å². The fourth-order valence-electron chi connectivity index (χ4n) is 2.76. The Morgan fingerprint density at radius 3 is 2.50 bits per heavy atom. The van der Waals surface area contributed by atoms with E-state index in [1.807, 2.05) is 6.92 Å². The summed E-state index contributed by atoms with van der Waals surface area (Å²) in [5.41, 5.74) is 0. The van der Waals surface area contributed by atoms with Gasteiger partial charge in [0.15, 0.2) is 0 Å². The Hall–Kier alpha value is -0.290.